The molecule has 1 atom stereocenters. The second-order valence-corrected chi connectivity index (χ2v) is 4.25. The van der Waals surface area contributed by atoms with Gasteiger partial charge in [-0.1, -0.05) is 19.1 Å². The standard InChI is InChI=1S/C13H12FN3O2/c1-2-13(9-3-5-10(14)6-4-9)11(18)17(8-7-15)12(19)16-13/h3-6H,2,8H2,1H3,(H,16,19)/t13-/m1/s1. The molecule has 1 N–H and O–H groups in total. The molecular weight excluding hydrogens is 249 g/mol. The van der Waals surface area contributed by atoms with E-state index in [-0.39, 0.29) is 6.54 Å². The Morgan fingerprint density at radius 3 is 2.53 bits per heavy atom. The van der Waals surface area contributed by atoms with Crippen LogP contribution in [-0.2, 0) is 10.3 Å². The van der Waals surface area contributed by atoms with Crippen molar-refractivity contribution in [2.45, 2.75) is 18.9 Å². The molecule has 19 heavy (non-hydrogen) atoms. The Hall–Kier alpha value is -2.42. The molecule has 0 spiro atoms. The molecular formula is C13H12FN3O2. The third-order valence-corrected chi connectivity index (χ3v) is 3.27. The molecule has 1 aliphatic heterocycles. The number of benzene rings is 1. The molecule has 5 nitrogen and oxygen atoms in total. The molecule has 6 heteroatoms. The number of nitrogens with zero attached hydrogens (tertiary/aromatic N) is 2. The highest BCUT2D eigenvalue weighted by Gasteiger charge is 2.51. The van der Waals surface area contributed by atoms with Crippen LogP contribution in [0.15, 0.2) is 24.3 Å². The summed E-state index contributed by atoms with van der Waals surface area (Å²) >= 11 is 0. The van der Waals surface area contributed by atoms with Gasteiger partial charge in [0.2, 0.25) is 0 Å². The van der Waals surface area contributed by atoms with E-state index in [1.807, 2.05) is 0 Å². The largest absolute Gasteiger partial charge is 0.326 e. The first kappa shape index (κ1) is 13.0. The van der Waals surface area contributed by atoms with Gasteiger partial charge >= 0.3 is 6.03 Å². The first-order chi connectivity index (χ1) is 9.05. The van der Waals surface area contributed by atoms with Gasteiger partial charge in [-0.25, -0.2) is 14.1 Å². The number of nitrogens with one attached hydrogen (secondary N) is 1. The van der Waals surface area contributed by atoms with Crippen molar-refractivity contribution in [1.82, 2.24) is 10.2 Å². The molecule has 1 aromatic carbocycles. The number of hydrogen-bond acceptors (Lipinski definition) is 3. The fraction of sp³-hybridized carbons (Fsp3) is 0.308. The van der Waals surface area contributed by atoms with E-state index in [9.17, 15) is 14.0 Å². The maximum Gasteiger partial charge on any atom is 0.326 e. The van der Waals surface area contributed by atoms with E-state index in [0.29, 0.717) is 12.0 Å². The van der Waals surface area contributed by atoms with Crippen LogP contribution in [0.25, 0.3) is 0 Å². The lowest BCUT2D eigenvalue weighted by atomic mass is 9.87. The molecule has 0 radical (unpaired) electrons. The summed E-state index contributed by atoms with van der Waals surface area (Å²) < 4.78 is 12.9. The first-order valence-corrected chi connectivity index (χ1v) is 5.82. The third kappa shape index (κ3) is 1.93. The van der Waals surface area contributed by atoms with Crippen molar-refractivity contribution in [3.8, 4) is 6.07 Å². The van der Waals surface area contributed by atoms with Crippen LogP contribution in [0.5, 0.6) is 0 Å². The van der Waals surface area contributed by atoms with Gasteiger partial charge in [-0.3, -0.25) is 4.79 Å². The minimum Gasteiger partial charge on any atom is -0.319 e. The molecule has 3 amide bonds. The molecule has 98 valence electrons. The van der Waals surface area contributed by atoms with Gasteiger partial charge in [0.05, 0.1) is 6.07 Å². The number of amides is 3. The fourth-order valence-electron chi connectivity index (χ4n) is 2.21. The van der Waals surface area contributed by atoms with E-state index in [1.165, 1.54) is 24.3 Å². The summed E-state index contributed by atoms with van der Waals surface area (Å²) in [5.74, 6) is -0.895. The Balaban J connectivity index is 2.45. The van der Waals surface area contributed by atoms with E-state index < -0.39 is 23.3 Å². The Kier molecular flexibility index (Phi) is 3.21. The maximum absolute atomic E-state index is 12.9. The fourth-order valence-corrected chi connectivity index (χ4v) is 2.21. The second-order valence-electron chi connectivity index (χ2n) is 4.25. The lowest BCUT2D eigenvalue weighted by Crippen LogP contribution is -2.43. The van der Waals surface area contributed by atoms with E-state index >= 15 is 0 Å². The zero-order valence-corrected chi connectivity index (χ0v) is 10.3. The predicted molar refractivity (Wildman–Crippen MR) is 64.2 cm³/mol. The minimum absolute atomic E-state index is 0.298. The van der Waals surface area contributed by atoms with Crippen molar-refractivity contribution < 1.29 is 14.0 Å². The van der Waals surface area contributed by atoms with Crippen LogP contribution in [-0.4, -0.2) is 23.4 Å². The van der Waals surface area contributed by atoms with Crippen molar-refractivity contribution in [1.29, 1.82) is 5.26 Å². The maximum atomic E-state index is 12.9. The lowest BCUT2D eigenvalue weighted by molar-refractivity contribution is -0.131. The van der Waals surface area contributed by atoms with Crippen molar-refractivity contribution in [2.24, 2.45) is 0 Å². The van der Waals surface area contributed by atoms with Crippen LogP contribution < -0.4 is 5.32 Å². The molecule has 0 saturated carbocycles. The van der Waals surface area contributed by atoms with E-state index in [2.05, 4.69) is 5.32 Å². The van der Waals surface area contributed by atoms with Crippen LogP contribution in [0.1, 0.15) is 18.9 Å². The molecule has 1 heterocycles. The van der Waals surface area contributed by atoms with Gasteiger partial charge in [0.15, 0.2) is 0 Å². The Morgan fingerprint density at radius 2 is 2.00 bits per heavy atom. The Bertz CT molecular complexity index is 564. The summed E-state index contributed by atoms with van der Waals surface area (Å²) in [5, 5.41) is 11.2. The number of urea groups is 1. The van der Waals surface area contributed by atoms with Crippen molar-refractivity contribution >= 4 is 11.9 Å². The summed E-state index contributed by atoms with van der Waals surface area (Å²) in [4.78, 5) is 25.0. The summed E-state index contributed by atoms with van der Waals surface area (Å²) in [5.41, 5.74) is -0.697. The highest BCUT2D eigenvalue weighted by Crippen LogP contribution is 2.32. The second kappa shape index (κ2) is 4.69. The van der Waals surface area contributed by atoms with E-state index in [0.717, 1.165) is 4.90 Å². The molecule has 1 aromatic rings. The smallest absolute Gasteiger partial charge is 0.319 e. The summed E-state index contributed by atoms with van der Waals surface area (Å²) in [6, 6.07) is 6.58. The molecule has 0 bridgehead atoms. The van der Waals surface area contributed by atoms with Gasteiger partial charge in [-0.05, 0) is 24.1 Å². The monoisotopic (exact) mass is 261 g/mol. The van der Waals surface area contributed by atoms with Crippen molar-refractivity contribution in [3.05, 3.63) is 35.6 Å². The topological polar surface area (TPSA) is 73.2 Å². The predicted octanol–water partition coefficient (Wildman–Crippen LogP) is 1.51. The van der Waals surface area contributed by atoms with E-state index in [4.69, 9.17) is 5.26 Å². The number of carbonyl (C=O) groups is 2. The lowest BCUT2D eigenvalue weighted by Gasteiger charge is -2.25. The number of imide groups is 1. The Labute approximate surface area is 109 Å². The Morgan fingerprint density at radius 1 is 1.37 bits per heavy atom. The molecule has 0 aliphatic carbocycles. The number of carbonyl (C=O) groups excluding carboxylic acids is 2. The van der Waals surface area contributed by atoms with Crippen molar-refractivity contribution in [3.63, 3.8) is 0 Å². The van der Waals surface area contributed by atoms with Gasteiger partial charge < -0.3 is 5.32 Å². The van der Waals surface area contributed by atoms with Gasteiger partial charge in [0.1, 0.15) is 17.9 Å². The van der Waals surface area contributed by atoms with Gasteiger partial charge in [0, 0.05) is 0 Å². The average molecular weight is 261 g/mol. The summed E-state index contributed by atoms with van der Waals surface area (Å²) in [6.07, 6.45) is 0.325. The van der Waals surface area contributed by atoms with Gasteiger partial charge in [-0.2, -0.15) is 5.26 Å². The number of halogens is 1. The average Bonchev–Trinajstić information content (AvgIpc) is 2.65. The highest BCUT2D eigenvalue weighted by molar-refractivity contribution is 6.07. The molecule has 0 unspecified atom stereocenters. The normalized spacial score (nSPS) is 22.3. The zero-order valence-electron chi connectivity index (χ0n) is 10.3. The van der Waals surface area contributed by atoms with Crippen LogP contribution in [0.3, 0.4) is 0 Å². The number of rotatable bonds is 3. The quantitative estimate of drug-likeness (QED) is 0.662. The molecule has 1 saturated heterocycles. The highest BCUT2D eigenvalue weighted by atomic mass is 19.1. The molecule has 2 rings (SSSR count). The van der Waals surface area contributed by atoms with Gasteiger partial charge in [0.25, 0.3) is 5.91 Å². The summed E-state index contributed by atoms with van der Waals surface area (Å²) in [6.45, 7) is 1.45. The van der Waals surface area contributed by atoms with E-state index in [1.54, 1.807) is 13.0 Å². The third-order valence-electron chi connectivity index (χ3n) is 3.27. The molecule has 0 aromatic heterocycles. The first-order valence-electron chi connectivity index (χ1n) is 5.82. The van der Waals surface area contributed by atoms with Crippen LogP contribution in [0, 0.1) is 17.1 Å². The van der Waals surface area contributed by atoms with Crippen LogP contribution in [0.2, 0.25) is 0 Å². The number of hydrogen-bond donors (Lipinski definition) is 1. The van der Waals surface area contributed by atoms with Crippen LogP contribution >= 0.6 is 0 Å². The SMILES string of the molecule is CC[C@]1(c2ccc(F)cc2)NC(=O)N(CC#N)C1=O. The zero-order chi connectivity index (χ0) is 14.0. The molecule has 1 aliphatic rings. The van der Waals surface area contributed by atoms with Crippen molar-refractivity contribution in [2.75, 3.05) is 6.54 Å². The molecule has 1 fully saturated rings. The van der Waals surface area contributed by atoms with Gasteiger partial charge in [-0.15, -0.1) is 0 Å². The number of nitriles is 1. The minimum atomic E-state index is -1.21. The summed E-state index contributed by atoms with van der Waals surface area (Å²) in [7, 11) is 0. The van der Waals surface area contributed by atoms with Crippen LogP contribution in [0.4, 0.5) is 9.18 Å².